The van der Waals surface area contributed by atoms with E-state index in [1.807, 2.05) is 20.8 Å². The van der Waals surface area contributed by atoms with E-state index in [0.29, 0.717) is 0 Å². The molecule has 0 aromatic rings. The van der Waals surface area contributed by atoms with E-state index in [9.17, 15) is 8.78 Å². The second kappa shape index (κ2) is 3.17. The zero-order valence-corrected chi connectivity index (χ0v) is 8.35. The minimum Gasteiger partial charge on any atom is -0.395 e. The van der Waals surface area contributed by atoms with Gasteiger partial charge in [0.15, 0.2) is 0 Å². The molecule has 1 aliphatic rings. The van der Waals surface area contributed by atoms with Crippen LogP contribution in [0.4, 0.5) is 8.78 Å². The fourth-order valence-corrected chi connectivity index (χ4v) is 1.85. The minimum absolute atomic E-state index is 0.188. The highest BCUT2D eigenvalue weighted by atomic mass is 19.3. The Balaban J connectivity index is 2.75. The molecule has 0 saturated carbocycles. The van der Waals surface area contributed by atoms with E-state index in [1.165, 1.54) is 0 Å². The predicted octanol–water partition coefficient (Wildman–Crippen LogP) is 1.49. The molecule has 13 heavy (non-hydrogen) atoms. The highest BCUT2D eigenvalue weighted by molar-refractivity contribution is 4.95. The smallest absolute Gasteiger partial charge is 0.262 e. The van der Waals surface area contributed by atoms with Crippen LogP contribution in [0.25, 0.3) is 0 Å². The van der Waals surface area contributed by atoms with E-state index in [1.54, 1.807) is 4.90 Å². The highest BCUT2D eigenvalue weighted by Gasteiger charge is 2.47. The number of rotatable bonds is 1. The lowest BCUT2D eigenvalue weighted by molar-refractivity contribution is 0.00108. The summed E-state index contributed by atoms with van der Waals surface area (Å²) < 4.78 is 26.0. The maximum atomic E-state index is 13.0. The fraction of sp³-hybridized carbons (Fsp3) is 1.00. The first-order valence-corrected chi connectivity index (χ1v) is 4.52. The molecule has 0 spiro atoms. The summed E-state index contributed by atoms with van der Waals surface area (Å²) in [6, 6.07) is -0.394. The molecule has 0 unspecified atom stereocenters. The van der Waals surface area contributed by atoms with Crippen molar-refractivity contribution in [3.63, 3.8) is 0 Å². The second-order valence-electron chi connectivity index (χ2n) is 4.70. The molecule has 1 atom stereocenters. The van der Waals surface area contributed by atoms with Crippen molar-refractivity contribution >= 4 is 0 Å². The van der Waals surface area contributed by atoms with Gasteiger partial charge in [-0.3, -0.25) is 4.90 Å². The number of nitrogens with zero attached hydrogens (tertiary/aromatic N) is 1. The van der Waals surface area contributed by atoms with Crippen molar-refractivity contribution in [3.05, 3.63) is 0 Å². The lowest BCUT2D eigenvalue weighted by Crippen LogP contribution is -2.46. The topological polar surface area (TPSA) is 23.5 Å². The first-order valence-electron chi connectivity index (χ1n) is 4.52. The Morgan fingerprint density at radius 1 is 1.46 bits per heavy atom. The van der Waals surface area contributed by atoms with Crippen molar-refractivity contribution in [1.29, 1.82) is 0 Å². The van der Waals surface area contributed by atoms with Crippen LogP contribution in [0, 0.1) is 0 Å². The van der Waals surface area contributed by atoms with Gasteiger partial charge in [-0.05, 0) is 20.8 Å². The van der Waals surface area contributed by atoms with Crippen molar-refractivity contribution < 1.29 is 13.9 Å². The van der Waals surface area contributed by atoms with Crippen molar-refractivity contribution in [2.75, 3.05) is 13.2 Å². The number of likely N-dealkylation sites (tertiary alicyclic amines) is 1. The van der Waals surface area contributed by atoms with Crippen molar-refractivity contribution in [3.8, 4) is 0 Å². The van der Waals surface area contributed by atoms with Gasteiger partial charge in [0, 0.05) is 18.0 Å². The number of aliphatic hydroxyl groups is 1. The first kappa shape index (κ1) is 10.9. The first-order chi connectivity index (χ1) is 5.76. The summed E-state index contributed by atoms with van der Waals surface area (Å²) in [4.78, 5) is 1.67. The van der Waals surface area contributed by atoms with Gasteiger partial charge in [-0.2, -0.15) is 0 Å². The molecule has 2 nitrogen and oxygen atoms in total. The van der Waals surface area contributed by atoms with E-state index in [2.05, 4.69) is 0 Å². The van der Waals surface area contributed by atoms with Crippen LogP contribution < -0.4 is 0 Å². The van der Waals surface area contributed by atoms with Crippen LogP contribution in [0.3, 0.4) is 0 Å². The molecule has 0 amide bonds. The molecule has 0 bridgehead atoms. The zero-order chi connectivity index (χ0) is 10.3. The van der Waals surface area contributed by atoms with Gasteiger partial charge in [-0.25, -0.2) is 8.78 Å². The quantitative estimate of drug-likeness (QED) is 0.682. The van der Waals surface area contributed by atoms with Crippen LogP contribution in [-0.4, -0.2) is 40.7 Å². The van der Waals surface area contributed by atoms with Gasteiger partial charge < -0.3 is 5.11 Å². The van der Waals surface area contributed by atoms with Gasteiger partial charge >= 0.3 is 0 Å². The molecule has 0 aromatic heterocycles. The molecule has 78 valence electrons. The third-order valence-electron chi connectivity index (χ3n) is 2.45. The Hall–Kier alpha value is -0.220. The van der Waals surface area contributed by atoms with E-state index in [4.69, 9.17) is 5.11 Å². The maximum Gasteiger partial charge on any atom is 0.262 e. The number of alkyl halides is 2. The molecule has 1 fully saturated rings. The van der Waals surface area contributed by atoms with Crippen molar-refractivity contribution in [2.24, 2.45) is 0 Å². The largest absolute Gasteiger partial charge is 0.395 e. The lowest BCUT2D eigenvalue weighted by Gasteiger charge is -2.35. The zero-order valence-electron chi connectivity index (χ0n) is 8.35. The number of aliphatic hydroxyl groups excluding tert-OH is 1. The lowest BCUT2D eigenvalue weighted by atomic mass is 10.1. The van der Waals surface area contributed by atoms with E-state index < -0.39 is 12.0 Å². The Bertz CT molecular complexity index is 189. The molecular weight excluding hydrogens is 176 g/mol. The third-order valence-corrected chi connectivity index (χ3v) is 2.45. The average Bonchev–Trinajstić information content (AvgIpc) is 2.24. The minimum atomic E-state index is -2.64. The number of hydrogen-bond donors (Lipinski definition) is 1. The van der Waals surface area contributed by atoms with Gasteiger partial charge in [0.05, 0.1) is 13.2 Å². The van der Waals surface area contributed by atoms with Crippen LogP contribution in [0.2, 0.25) is 0 Å². The summed E-state index contributed by atoms with van der Waals surface area (Å²) in [6.45, 7) is 5.24. The second-order valence-corrected chi connectivity index (χ2v) is 4.70. The van der Waals surface area contributed by atoms with E-state index >= 15 is 0 Å². The molecule has 0 aliphatic carbocycles. The average molecular weight is 193 g/mol. The predicted molar refractivity (Wildman–Crippen MR) is 46.9 cm³/mol. The third kappa shape index (κ3) is 2.38. The van der Waals surface area contributed by atoms with Crippen LogP contribution in [-0.2, 0) is 0 Å². The molecule has 1 N–H and O–H groups in total. The monoisotopic (exact) mass is 193 g/mol. The Morgan fingerprint density at radius 2 is 2.00 bits per heavy atom. The van der Waals surface area contributed by atoms with Crippen LogP contribution in [0.1, 0.15) is 27.2 Å². The van der Waals surface area contributed by atoms with E-state index in [-0.39, 0.29) is 25.1 Å². The SMILES string of the molecule is CC(C)(C)N1CC(F)(F)C[C@@H]1CO. The Morgan fingerprint density at radius 3 is 2.31 bits per heavy atom. The van der Waals surface area contributed by atoms with Gasteiger partial charge in [-0.1, -0.05) is 0 Å². The fourth-order valence-electron chi connectivity index (χ4n) is 1.85. The summed E-state index contributed by atoms with van der Waals surface area (Å²) in [5, 5.41) is 8.96. The summed E-state index contributed by atoms with van der Waals surface area (Å²) >= 11 is 0. The van der Waals surface area contributed by atoms with Crippen LogP contribution in [0.15, 0.2) is 0 Å². The highest BCUT2D eigenvalue weighted by Crippen LogP contribution is 2.35. The van der Waals surface area contributed by atoms with Gasteiger partial charge in [-0.15, -0.1) is 0 Å². The Kier molecular flexibility index (Phi) is 2.65. The van der Waals surface area contributed by atoms with Crippen LogP contribution >= 0.6 is 0 Å². The van der Waals surface area contributed by atoms with Gasteiger partial charge in [0.1, 0.15) is 0 Å². The normalized spacial score (nSPS) is 29.5. The summed E-state index contributed by atoms with van der Waals surface area (Å²) in [6.07, 6.45) is -0.221. The standard InChI is InChI=1S/C9H17F2NO/c1-8(2,3)12-6-9(10,11)4-7(12)5-13/h7,13H,4-6H2,1-3H3/t7-/m1/s1. The summed E-state index contributed by atoms with van der Waals surface area (Å²) in [5.74, 6) is -2.64. The van der Waals surface area contributed by atoms with Crippen LogP contribution in [0.5, 0.6) is 0 Å². The van der Waals surface area contributed by atoms with Crippen molar-refractivity contribution in [1.82, 2.24) is 4.90 Å². The van der Waals surface area contributed by atoms with Gasteiger partial charge in [0.25, 0.3) is 5.92 Å². The summed E-state index contributed by atoms with van der Waals surface area (Å²) in [5.41, 5.74) is -0.298. The molecule has 1 heterocycles. The van der Waals surface area contributed by atoms with Gasteiger partial charge in [0.2, 0.25) is 0 Å². The molecule has 1 aliphatic heterocycles. The van der Waals surface area contributed by atoms with Crippen molar-refractivity contribution in [2.45, 2.75) is 44.7 Å². The molecule has 0 radical (unpaired) electrons. The molecule has 0 aromatic carbocycles. The molecular formula is C9H17F2NO. The maximum absolute atomic E-state index is 13.0. The molecule has 1 rings (SSSR count). The number of halogens is 2. The summed E-state index contributed by atoms with van der Waals surface area (Å²) in [7, 11) is 0. The number of hydrogen-bond acceptors (Lipinski definition) is 2. The molecule has 4 heteroatoms. The van der Waals surface area contributed by atoms with E-state index in [0.717, 1.165) is 0 Å². The molecule has 1 saturated heterocycles. The Labute approximate surface area is 77.5 Å².